The molecule has 0 atom stereocenters. The Balaban J connectivity index is 1.86. The molecular weight excluding hydrogens is 308 g/mol. The van der Waals surface area contributed by atoms with Crippen molar-refractivity contribution in [1.29, 1.82) is 0 Å². The van der Waals surface area contributed by atoms with Gasteiger partial charge in [-0.3, -0.25) is 4.79 Å². The quantitative estimate of drug-likeness (QED) is 0.399. The fourth-order valence-corrected chi connectivity index (χ4v) is 1.48. The van der Waals surface area contributed by atoms with Crippen LogP contribution < -0.4 is 10.3 Å². The number of hydrazone groups is 1. The number of hydrogen-bond acceptors (Lipinski definition) is 4. The SMILES string of the molecule is O=C(/C=N/N(F)C(=O)NOc1ccc(F)cc1)c1ccccc1. The summed E-state index contributed by atoms with van der Waals surface area (Å²) in [7, 11) is 0. The number of ketones is 1. The zero-order valence-corrected chi connectivity index (χ0v) is 11.6. The molecule has 0 saturated carbocycles. The monoisotopic (exact) mass is 319 g/mol. The third-order valence-corrected chi connectivity index (χ3v) is 2.57. The largest absolute Gasteiger partial charge is 0.400 e. The van der Waals surface area contributed by atoms with Gasteiger partial charge in [0.2, 0.25) is 5.78 Å². The van der Waals surface area contributed by atoms with Crippen LogP contribution in [0.4, 0.5) is 13.7 Å². The maximum Gasteiger partial charge on any atom is 0.400 e. The molecule has 0 unspecified atom stereocenters. The predicted molar refractivity (Wildman–Crippen MR) is 77.8 cm³/mol. The normalized spacial score (nSPS) is 10.3. The summed E-state index contributed by atoms with van der Waals surface area (Å²) in [5, 5.41) is 2.47. The molecule has 0 fully saturated rings. The van der Waals surface area contributed by atoms with E-state index in [4.69, 9.17) is 4.84 Å². The van der Waals surface area contributed by atoms with Crippen molar-refractivity contribution in [3.63, 3.8) is 0 Å². The number of urea groups is 1. The lowest BCUT2D eigenvalue weighted by Gasteiger charge is -2.08. The Morgan fingerprint density at radius 2 is 1.74 bits per heavy atom. The summed E-state index contributed by atoms with van der Waals surface area (Å²) >= 11 is 0. The van der Waals surface area contributed by atoms with E-state index in [0.29, 0.717) is 11.8 Å². The fourth-order valence-electron chi connectivity index (χ4n) is 1.48. The van der Waals surface area contributed by atoms with Crippen LogP contribution in [0, 0.1) is 5.82 Å². The lowest BCUT2D eigenvalue weighted by Crippen LogP contribution is -2.34. The Hall–Kier alpha value is -3.29. The van der Waals surface area contributed by atoms with Crippen LogP contribution in [-0.4, -0.2) is 23.3 Å². The summed E-state index contributed by atoms with van der Waals surface area (Å²) < 4.78 is 26.0. The molecule has 0 bridgehead atoms. The van der Waals surface area contributed by atoms with E-state index >= 15 is 0 Å². The van der Waals surface area contributed by atoms with Gasteiger partial charge in [0.05, 0.1) is 6.21 Å². The van der Waals surface area contributed by atoms with Crippen molar-refractivity contribution in [1.82, 2.24) is 10.7 Å². The lowest BCUT2D eigenvalue weighted by molar-refractivity contribution is 0.0465. The average molecular weight is 319 g/mol. The molecule has 0 aromatic heterocycles. The van der Waals surface area contributed by atoms with Crippen molar-refractivity contribution in [2.45, 2.75) is 0 Å². The summed E-state index contributed by atoms with van der Waals surface area (Å²) in [6.45, 7) is 0. The van der Waals surface area contributed by atoms with Gasteiger partial charge in [-0.15, -0.1) is 5.10 Å². The van der Waals surface area contributed by atoms with E-state index in [2.05, 4.69) is 5.10 Å². The number of nitrogens with one attached hydrogen (secondary N) is 1. The highest BCUT2D eigenvalue weighted by molar-refractivity contribution is 6.35. The molecule has 118 valence electrons. The molecule has 0 aliphatic heterocycles. The minimum absolute atomic E-state index is 0.0949. The van der Waals surface area contributed by atoms with Crippen LogP contribution in [0.2, 0.25) is 0 Å². The summed E-state index contributed by atoms with van der Waals surface area (Å²) in [4.78, 5) is 27.7. The number of halogens is 2. The first-order valence-electron chi connectivity index (χ1n) is 6.38. The second-order valence-electron chi connectivity index (χ2n) is 4.20. The van der Waals surface area contributed by atoms with E-state index in [9.17, 15) is 18.5 Å². The topological polar surface area (TPSA) is 71.0 Å². The van der Waals surface area contributed by atoms with Gasteiger partial charge in [-0.05, 0) is 29.5 Å². The number of nitrogens with zero attached hydrogens (tertiary/aromatic N) is 2. The molecule has 6 nitrogen and oxygen atoms in total. The van der Waals surface area contributed by atoms with Crippen molar-refractivity contribution >= 4 is 18.0 Å². The Labute approximate surface area is 129 Å². The molecule has 0 radical (unpaired) electrons. The zero-order chi connectivity index (χ0) is 16.7. The van der Waals surface area contributed by atoms with Gasteiger partial charge in [-0.1, -0.05) is 34.8 Å². The minimum Gasteiger partial charge on any atom is -0.378 e. The summed E-state index contributed by atoms with van der Waals surface area (Å²) in [6, 6.07) is 11.4. The molecule has 0 spiro atoms. The smallest absolute Gasteiger partial charge is 0.378 e. The van der Waals surface area contributed by atoms with Gasteiger partial charge >= 0.3 is 6.03 Å². The highest BCUT2D eigenvalue weighted by Gasteiger charge is 2.12. The summed E-state index contributed by atoms with van der Waals surface area (Å²) in [6.07, 6.45) is 0.660. The molecule has 1 N–H and O–H groups in total. The molecule has 8 heteroatoms. The van der Waals surface area contributed by atoms with Gasteiger partial charge in [-0.25, -0.2) is 9.18 Å². The van der Waals surface area contributed by atoms with E-state index in [1.165, 1.54) is 24.3 Å². The second-order valence-corrected chi connectivity index (χ2v) is 4.20. The molecule has 2 aromatic rings. The maximum atomic E-state index is 13.4. The average Bonchev–Trinajstić information content (AvgIpc) is 2.59. The van der Waals surface area contributed by atoms with Gasteiger partial charge in [0.1, 0.15) is 5.82 Å². The molecule has 2 aromatic carbocycles. The Kier molecular flexibility index (Phi) is 5.35. The molecule has 0 aliphatic carbocycles. The van der Waals surface area contributed by atoms with Crippen molar-refractivity contribution < 1.29 is 23.3 Å². The highest BCUT2D eigenvalue weighted by Crippen LogP contribution is 2.09. The first kappa shape index (κ1) is 16.1. The fraction of sp³-hybridized carbons (Fsp3) is 0. The lowest BCUT2D eigenvalue weighted by atomic mass is 10.1. The first-order valence-corrected chi connectivity index (χ1v) is 6.38. The number of hydrogen-bond donors (Lipinski definition) is 1. The van der Waals surface area contributed by atoms with Crippen molar-refractivity contribution in [2.75, 3.05) is 0 Å². The summed E-state index contributed by atoms with van der Waals surface area (Å²) in [5.41, 5.74) is 2.04. The first-order chi connectivity index (χ1) is 11.1. The summed E-state index contributed by atoms with van der Waals surface area (Å²) in [5.74, 6) is -0.960. The number of carbonyl (C=O) groups is 2. The van der Waals surface area contributed by atoms with Crippen molar-refractivity contribution in [3.8, 4) is 5.75 Å². The van der Waals surface area contributed by atoms with Gasteiger partial charge in [0, 0.05) is 5.56 Å². The molecule has 2 rings (SSSR count). The van der Waals surface area contributed by atoms with Gasteiger partial charge in [-0.2, -0.15) is 5.48 Å². The Bertz CT molecular complexity index is 706. The Morgan fingerprint density at radius 3 is 2.39 bits per heavy atom. The highest BCUT2D eigenvalue weighted by atomic mass is 19.2. The van der Waals surface area contributed by atoms with Crippen LogP contribution in [-0.2, 0) is 0 Å². The minimum atomic E-state index is -1.36. The van der Waals surface area contributed by atoms with E-state index in [1.54, 1.807) is 23.7 Å². The van der Waals surface area contributed by atoms with E-state index < -0.39 is 22.9 Å². The standard InChI is InChI=1S/C15H11F2N3O3/c16-12-6-8-13(9-7-12)23-19-15(22)20(17)18-10-14(21)11-4-2-1-3-5-11/h1-10H,(H,19,22)/b18-10+. The van der Waals surface area contributed by atoms with Crippen LogP contribution >= 0.6 is 0 Å². The van der Waals surface area contributed by atoms with Gasteiger partial charge in [0.25, 0.3) is 0 Å². The third kappa shape index (κ3) is 4.88. The van der Waals surface area contributed by atoms with E-state index in [-0.39, 0.29) is 5.75 Å². The Morgan fingerprint density at radius 1 is 1.09 bits per heavy atom. The number of rotatable bonds is 5. The molecule has 0 aliphatic rings. The number of hydroxylamine groups is 1. The van der Waals surface area contributed by atoms with Crippen LogP contribution in [0.15, 0.2) is 59.7 Å². The number of Topliss-reactive ketones (excluding diaryl/α,β-unsaturated/α-hetero) is 1. The van der Waals surface area contributed by atoms with Crippen molar-refractivity contribution in [3.05, 3.63) is 66.0 Å². The maximum absolute atomic E-state index is 13.4. The molecule has 0 heterocycles. The van der Waals surface area contributed by atoms with Crippen LogP contribution in [0.1, 0.15) is 10.4 Å². The van der Waals surface area contributed by atoms with Crippen LogP contribution in [0.25, 0.3) is 0 Å². The molecule has 2 amide bonds. The number of amides is 2. The van der Waals surface area contributed by atoms with E-state index in [0.717, 1.165) is 12.1 Å². The van der Waals surface area contributed by atoms with Gasteiger partial charge in [0.15, 0.2) is 5.75 Å². The number of benzene rings is 2. The van der Waals surface area contributed by atoms with E-state index in [1.807, 2.05) is 0 Å². The third-order valence-electron chi connectivity index (χ3n) is 2.57. The number of carbonyl (C=O) groups excluding carboxylic acids is 2. The second kappa shape index (κ2) is 7.64. The predicted octanol–water partition coefficient (Wildman–Crippen LogP) is 2.88. The van der Waals surface area contributed by atoms with Crippen molar-refractivity contribution in [2.24, 2.45) is 5.10 Å². The zero-order valence-electron chi connectivity index (χ0n) is 11.6. The molecule has 0 saturated heterocycles. The van der Waals surface area contributed by atoms with Crippen LogP contribution in [0.3, 0.4) is 0 Å². The van der Waals surface area contributed by atoms with Crippen LogP contribution in [0.5, 0.6) is 5.75 Å². The van der Waals surface area contributed by atoms with Gasteiger partial charge < -0.3 is 4.84 Å². The molecular formula is C15H11F2N3O3. The molecule has 23 heavy (non-hydrogen) atoms.